The third-order valence-corrected chi connectivity index (χ3v) is 8.78. The second-order valence-corrected chi connectivity index (χ2v) is 13.9. The van der Waals surface area contributed by atoms with Crippen molar-refractivity contribution < 1.29 is 4.57 Å². The smallest absolute Gasteiger partial charge is 0.200 e. The van der Waals surface area contributed by atoms with E-state index in [2.05, 4.69) is 121 Å². The van der Waals surface area contributed by atoms with Gasteiger partial charge in [-0.15, -0.1) is 0 Å². The lowest BCUT2D eigenvalue weighted by atomic mass is 9.80. The van der Waals surface area contributed by atoms with Crippen molar-refractivity contribution in [1.29, 1.82) is 0 Å². The average molecular weight is 491 g/mol. The Kier molecular flexibility index (Phi) is 5.12. The molecule has 0 unspecified atom stereocenters. The predicted molar refractivity (Wildman–Crippen MR) is 156 cm³/mol. The Morgan fingerprint density at radius 3 is 2.22 bits per heavy atom. The van der Waals surface area contributed by atoms with Crippen LogP contribution >= 0.6 is 11.8 Å². The molecule has 0 fully saturated rings. The molecule has 0 saturated heterocycles. The van der Waals surface area contributed by atoms with Crippen LogP contribution in [-0.4, -0.2) is 0 Å². The van der Waals surface area contributed by atoms with Crippen LogP contribution in [-0.2, 0) is 18.9 Å². The molecule has 0 amide bonds. The molecular formula is C34H36NS+. The van der Waals surface area contributed by atoms with E-state index in [0.29, 0.717) is 0 Å². The third kappa shape index (κ3) is 3.57. The number of aromatic nitrogens is 1. The Balaban J connectivity index is 1.75. The SMILES string of the molecule is Cc1c2c(c(C(C)(C)C)c3ccccc13)Sc1cc3cc(CC(C)(C)C)ccc3c3cc[n+](C)c-2c13. The quantitative estimate of drug-likeness (QED) is 0.164. The Labute approximate surface area is 219 Å². The number of nitrogens with zero attached hydrogens (tertiary/aromatic N) is 1. The highest BCUT2D eigenvalue weighted by Crippen LogP contribution is 2.54. The van der Waals surface area contributed by atoms with Gasteiger partial charge in [0.15, 0.2) is 6.20 Å². The maximum absolute atomic E-state index is 2.46. The van der Waals surface area contributed by atoms with Gasteiger partial charge in [-0.25, -0.2) is 4.57 Å². The van der Waals surface area contributed by atoms with Gasteiger partial charge in [-0.2, -0.15) is 0 Å². The number of benzene rings is 4. The van der Waals surface area contributed by atoms with Gasteiger partial charge in [0.05, 0.1) is 10.9 Å². The largest absolute Gasteiger partial charge is 0.222 e. The van der Waals surface area contributed by atoms with E-state index in [1.165, 1.54) is 70.1 Å². The lowest BCUT2D eigenvalue weighted by Gasteiger charge is -2.30. The first-order valence-electron chi connectivity index (χ1n) is 13.1. The van der Waals surface area contributed by atoms with Crippen molar-refractivity contribution in [1.82, 2.24) is 0 Å². The molecule has 1 aliphatic rings. The van der Waals surface area contributed by atoms with Crippen LogP contribution in [0.2, 0.25) is 0 Å². The summed E-state index contributed by atoms with van der Waals surface area (Å²) in [5.41, 5.74) is 7.34. The van der Waals surface area contributed by atoms with Crippen LogP contribution in [0, 0.1) is 12.3 Å². The highest BCUT2D eigenvalue weighted by molar-refractivity contribution is 8.00. The van der Waals surface area contributed by atoms with Gasteiger partial charge in [0.2, 0.25) is 5.69 Å². The Bertz CT molecular complexity index is 1710. The number of rotatable bonds is 1. The van der Waals surface area contributed by atoms with Gasteiger partial charge in [0.1, 0.15) is 7.05 Å². The molecule has 0 spiro atoms. The number of hydrogen-bond acceptors (Lipinski definition) is 1. The molecule has 1 aromatic heterocycles. The standard InChI is InChI=1S/C34H36NS/c1-20-23-11-9-10-12-26(23)30(34(5,6)7)32-28(20)31-29-25(15-16-35(31)8)24-14-13-21(19-33(2,3)4)17-22(24)18-27(29)36-32/h9-18H,19H2,1-8H3/q+1. The molecule has 2 heteroatoms. The van der Waals surface area contributed by atoms with Crippen LogP contribution in [0.15, 0.2) is 70.6 Å². The zero-order valence-corrected chi connectivity index (χ0v) is 23.7. The topological polar surface area (TPSA) is 3.88 Å². The molecule has 0 saturated carbocycles. The van der Waals surface area contributed by atoms with E-state index in [-0.39, 0.29) is 10.8 Å². The van der Waals surface area contributed by atoms with E-state index in [4.69, 9.17) is 0 Å². The summed E-state index contributed by atoms with van der Waals surface area (Å²) in [6, 6.07) is 20.9. The fourth-order valence-electron chi connectivity index (χ4n) is 6.24. The molecule has 182 valence electrons. The van der Waals surface area contributed by atoms with Crippen LogP contribution in [0.3, 0.4) is 0 Å². The summed E-state index contributed by atoms with van der Waals surface area (Å²) < 4.78 is 2.35. The molecule has 5 aromatic rings. The monoisotopic (exact) mass is 490 g/mol. The van der Waals surface area contributed by atoms with E-state index < -0.39 is 0 Å². The van der Waals surface area contributed by atoms with Crippen LogP contribution in [0.1, 0.15) is 58.2 Å². The second-order valence-electron chi connectivity index (χ2n) is 12.8. The molecular weight excluding hydrogens is 454 g/mol. The second kappa shape index (κ2) is 7.83. The lowest BCUT2D eigenvalue weighted by molar-refractivity contribution is -0.659. The van der Waals surface area contributed by atoms with E-state index in [1.54, 1.807) is 0 Å². The molecule has 36 heavy (non-hydrogen) atoms. The van der Waals surface area contributed by atoms with Gasteiger partial charge >= 0.3 is 0 Å². The maximum atomic E-state index is 2.46. The van der Waals surface area contributed by atoms with Gasteiger partial charge in [-0.3, -0.25) is 0 Å². The molecule has 0 radical (unpaired) electrons. The predicted octanol–water partition coefficient (Wildman–Crippen LogP) is 9.30. The lowest BCUT2D eigenvalue weighted by Crippen LogP contribution is -2.32. The summed E-state index contributed by atoms with van der Waals surface area (Å²) in [7, 11) is 2.21. The summed E-state index contributed by atoms with van der Waals surface area (Å²) in [4.78, 5) is 2.81. The van der Waals surface area contributed by atoms with E-state index in [1.807, 2.05) is 11.8 Å². The number of aryl methyl sites for hydroxylation is 2. The van der Waals surface area contributed by atoms with Crippen molar-refractivity contribution in [3.8, 4) is 11.3 Å². The Hall–Kier alpha value is -2.84. The minimum Gasteiger partial charge on any atom is -0.200 e. The van der Waals surface area contributed by atoms with Gasteiger partial charge < -0.3 is 0 Å². The van der Waals surface area contributed by atoms with Crippen molar-refractivity contribution in [3.63, 3.8) is 0 Å². The minimum absolute atomic E-state index is 0.0328. The summed E-state index contributed by atoms with van der Waals surface area (Å²) in [6.07, 6.45) is 3.34. The van der Waals surface area contributed by atoms with Gasteiger partial charge in [0, 0.05) is 21.2 Å². The average Bonchev–Trinajstić information content (AvgIpc) is 2.78. The first-order valence-corrected chi connectivity index (χ1v) is 13.9. The zero-order chi connectivity index (χ0) is 25.6. The van der Waals surface area contributed by atoms with Gasteiger partial charge in [-0.05, 0) is 68.5 Å². The van der Waals surface area contributed by atoms with E-state index in [9.17, 15) is 0 Å². The number of hydrogen-bond donors (Lipinski definition) is 0. The van der Waals surface area contributed by atoms with Crippen LogP contribution in [0.4, 0.5) is 0 Å². The van der Waals surface area contributed by atoms with Crippen molar-refractivity contribution >= 4 is 44.1 Å². The fraction of sp³-hybridized carbons (Fsp3) is 0.324. The molecule has 4 aromatic carbocycles. The number of pyridine rings is 1. The Morgan fingerprint density at radius 1 is 0.806 bits per heavy atom. The van der Waals surface area contributed by atoms with Crippen LogP contribution in [0.5, 0.6) is 0 Å². The van der Waals surface area contributed by atoms with Crippen LogP contribution < -0.4 is 4.57 Å². The molecule has 0 atom stereocenters. The molecule has 1 nitrogen and oxygen atoms in total. The first-order chi connectivity index (χ1) is 16.9. The molecule has 1 aliphatic heterocycles. The Morgan fingerprint density at radius 2 is 1.53 bits per heavy atom. The maximum Gasteiger partial charge on any atom is 0.222 e. The van der Waals surface area contributed by atoms with Crippen LogP contribution in [0.25, 0.3) is 43.6 Å². The van der Waals surface area contributed by atoms with Crippen molar-refractivity contribution in [3.05, 3.63) is 77.5 Å². The summed E-state index contributed by atoms with van der Waals surface area (Å²) >= 11 is 1.99. The highest BCUT2D eigenvalue weighted by atomic mass is 32.2. The summed E-state index contributed by atoms with van der Waals surface area (Å²) in [5.74, 6) is 0. The third-order valence-electron chi connectivity index (χ3n) is 7.63. The van der Waals surface area contributed by atoms with E-state index in [0.717, 1.165) is 6.42 Å². The molecule has 0 aliphatic carbocycles. The molecule has 0 N–H and O–H groups in total. The van der Waals surface area contributed by atoms with Crippen molar-refractivity contribution in [2.75, 3.05) is 0 Å². The van der Waals surface area contributed by atoms with E-state index >= 15 is 0 Å². The zero-order valence-electron chi connectivity index (χ0n) is 22.8. The summed E-state index contributed by atoms with van der Waals surface area (Å²) in [5, 5.41) is 8.22. The minimum atomic E-state index is 0.0328. The highest BCUT2D eigenvalue weighted by Gasteiger charge is 2.35. The normalized spacial score (nSPS) is 13.6. The molecule has 2 heterocycles. The number of fused-ring (bicyclic) bond motifs is 5. The fourth-order valence-corrected chi connectivity index (χ4v) is 7.82. The van der Waals surface area contributed by atoms with Gasteiger partial charge in [0.25, 0.3) is 0 Å². The summed E-state index contributed by atoms with van der Waals surface area (Å²) in [6.45, 7) is 16.4. The van der Waals surface area contributed by atoms with Crippen molar-refractivity contribution in [2.24, 2.45) is 12.5 Å². The molecule has 6 rings (SSSR count). The van der Waals surface area contributed by atoms with Gasteiger partial charge in [-0.1, -0.05) is 95.8 Å². The first kappa shape index (κ1) is 23.6. The molecule has 0 bridgehead atoms. The van der Waals surface area contributed by atoms with Crippen molar-refractivity contribution in [2.45, 2.75) is 70.1 Å².